The summed E-state index contributed by atoms with van der Waals surface area (Å²) in [6, 6.07) is 13.8. The summed E-state index contributed by atoms with van der Waals surface area (Å²) in [6.07, 6.45) is 6.07. The Morgan fingerprint density at radius 2 is 1.86 bits per heavy atom. The molecule has 0 bridgehead atoms. The van der Waals surface area contributed by atoms with E-state index in [9.17, 15) is 10.1 Å². The van der Waals surface area contributed by atoms with Gasteiger partial charge in [-0.2, -0.15) is 5.26 Å². The van der Waals surface area contributed by atoms with Gasteiger partial charge in [0.25, 0.3) is 0 Å². The lowest BCUT2D eigenvalue weighted by atomic mass is 9.95. The zero-order chi connectivity index (χ0) is 20.1. The summed E-state index contributed by atoms with van der Waals surface area (Å²) in [7, 11) is 0. The van der Waals surface area contributed by atoms with Gasteiger partial charge in [0, 0.05) is 29.1 Å². The van der Waals surface area contributed by atoms with Crippen LogP contribution in [0.15, 0.2) is 48.8 Å². The zero-order valence-corrected chi connectivity index (χ0v) is 16.4. The molecule has 0 aliphatic heterocycles. The van der Waals surface area contributed by atoms with Crippen molar-refractivity contribution in [2.75, 3.05) is 0 Å². The zero-order valence-electron chi connectivity index (χ0n) is 16.4. The highest BCUT2D eigenvalue weighted by Gasteiger charge is 2.11. The van der Waals surface area contributed by atoms with Crippen molar-refractivity contribution in [3.8, 4) is 28.6 Å². The van der Waals surface area contributed by atoms with Gasteiger partial charge in [0.1, 0.15) is 6.29 Å². The average Bonchev–Trinajstić information content (AvgIpc) is 2.73. The second-order valence-corrected chi connectivity index (χ2v) is 7.22. The van der Waals surface area contributed by atoms with E-state index in [-0.39, 0.29) is 0 Å². The van der Waals surface area contributed by atoms with Crippen LogP contribution in [0.25, 0.3) is 22.5 Å². The first kappa shape index (κ1) is 19.4. The first-order valence-corrected chi connectivity index (χ1v) is 9.50. The number of benzene rings is 2. The standard InChI is InChI=1S/C24H23N3O/c1-4-22-19(15-28)6-5-7-23(22)21-13-26-24(27-14-21)18-9-8-17(10-16(2)3)20(11-18)12-25/h5-9,11,13-16H,4,10H2,1-3H3. The van der Waals surface area contributed by atoms with Crippen LogP contribution in [-0.4, -0.2) is 16.3 Å². The van der Waals surface area contributed by atoms with E-state index in [1.807, 2.05) is 43.3 Å². The Kier molecular flexibility index (Phi) is 5.96. The highest BCUT2D eigenvalue weighted by molar-refractivity contribution is 5.83. The molecule has 0 fully saturated rings. The van der Waals surface area contributed by atoms with Gasteiger partial charge in [-0.25, -0.2) is 9.97 Å². The summed E-state index contributed by atoms with van der Waals surface area (Å²) in [5.41, 5.74) is 6.10. The molecule has 0 saturated heterocycles. The van der Waals surface area contributed by atoms with Crippen LogP contribution in [0.5, 0.6) is 0 Å². The molecule has 0 N–H and O–H groups in total. The van der Waals surface area contributed by atoms with Gasteiger partial charge >= 0.3 is 0 Å². The summed E-state index contributed by atoms with van der Waals surface area (Å²) in [5.74, 6) is 1.07. The molecule has 0 spiro atoms. The lowest BCUT2D eigenvalue weighted by molar-refractivity contribution is 0.112. The number of aldehydes is 1. The number of hydrogen-bond donors (Lipinski definition) is 0. The molecule has 3 aromatic rings. The van der Waals surface area contributed by atoms with Crippen molar-refractivity contribution in [2.24, 2.45) is 5.92 Å². The first-order chi connectivity index (χ1) is 13.6. The molecule has 0 unspecified atom stereocenters. The topological polar surface area (TPSA) is 66.6 Å². The van der Waals surface area contributed by atoms with Gasteiger partial charge in [-0.1, -0.05) is 51.1 Å². The molecule has 3 rings (SSSR count). The van der Waals surface area contributed by atoms with E-state index in [2.05, 4.69) is 29.9 Å². The van der Waals surface area contributed by atoms with E-state index < -0.39 is 0 Å². The molecule has 0 saturated carbocycles. The molecule has 4 nitrogen and oxygen atoms in total. The molecule has 28 heavy (non-hydrogen) atoms. The maximum Gasteiger partial charge on any atom is 0.159 e. The highest BCUT2D eigenvalue weighted by Crippen LogP contribution is 2.27. The highest BCUT2D eigenvalue weighted by atomic mass is 16.1. The van der Waals surface area contributed by atoms with Gasteiger partial charge in [0.15, 0.2) is 5.82 Å². The monoisotopic (exact) mass is 369 g/mol. The van der Waals surface area contributed by atoms with Crippen molar-refractivity contribution in [3.63, 3.8) is 0 Å². The quantitative estimate of drug-likeness (QED) is 0.556. The van der Waals surface area contributed by atoms with E-state index in [0.717, 1.165) is 46.9 Å². The van der Waals surface area contributed by atoms with Gasteiger partial charge < -0.3 is 0 Å². The van der Waals surface area contributed by atoms with Crippen molar-refractivity contribution < 1.29 is 4.79 Å². The smallest absolute Gasteiger partial charge is 0.159 e. The van der Waals surface area contributed by atoms with Crippen LogP contribution in [0.1, 0.15) is 47.8 Å². The Bertz CT molecular complexity index is 1030. The molecular formula is C24H23N3O. The molecule has 2 aromatic carbocycles. The Morgan fingerprint density at radius 1 is 1.11 bits per heavy atom. The van der Waals surface area contributed by atoms with Crippen molar-refractivity contribution in [1.82, 2.24) is 9.97 Å². The minimum atomic E-state index is 0.489. The third-order valence-corrected chi connectivity index (χ3v) is 4.77. The number of nitriles is 1. The number of hydrogen-bond acceptors (Lipinski definition) is 4. The summed E-state index contributed by atoms with van der Waals surface area (Å²) in [4.78, 5) is 20.3. The van der Waals surface area contributed by atoms with Gasteiger partial charge in [0.05, 0.1) is 11.6 Å². The van der Waals surface area contributed by atoms with Crippen molar-refractivity contribution in [3.05, 3.63) is 71.0 Å². The van der Waals surface area contributed by atoms with E-state index in [0.29, 0.717) is 22.9 Å². The summed E-state index contributed by atoms with van der Waals surface area (Å²) >= 11 is 0. The lowest BCUT2D eigenvalue weighted by Crippen LogP contribution is -1.99. The fraction of sp³-hybridized carbons (Fsp3) is 0.250. The summed E-state index contributed by atoms with van der Waals surface area (Å²) in [5, 5.41) is 9.48. The maximum atomic E-state index is 11.3. The number of carbonyl (C=O) groups is 1. The Hall–Kier alpha value is -3.32. The van der Waals surface area contributed by atoms with Crippen molar-refractivity contribution in [1.29, 1.82) is 5.26 Å². The molecule has 4 heteroatoms. The molecule has 140 valence electrons. The molecule has 1 heterocycles. The van der Waals surface area contributed by atoms with E-state index >= 15 is 0 Å². The van der Waals surface area contributed by atoms with Crippen LogP contribution in [0, 0.1) is 17.2 Å². The van der Waals surface area contributed by atoms with Crippen LogP contribution < -0.4 is 0 Å². The van der Waals surface area contributed by atoms with Gasteiger partial charge in [-0.3, -0.25) is 4.79 Å². The normalized spacial score (nSPS) is 10.7. The Labute approximate surface area is 165 Å². The van der Waals surface area contributed by atoms with E-state index in [4.69, 9.17) is 0 Å². The predicted octanol–water partition coefficient (Wildman–Crippen LogP) is 5.26. The van der Waals surface area contributed by atoms with E-state index in [1.54, 1.807) is 12.4 Å². The van der Waals surface area contributed by atoms with Crippen LogP contribution >= 0.6 is 0 Å². The molecular weight excluding hydrogens is 346 g/mol. The molecule has 0 aliphatic carbocycles. The maximum absolute atomic E-state index is 11.3. The summed E-state index contributed by atoms with van der Waals surface area (Å²) in [6.45, 7) is 6.31. The average molecular weight is 369 g/mol. The predicted molar refractivity (Wildman–Crippen MR) is 111 cm³/mol. The van der Waals surface area contributed by atoms with Crippen LogP contribution in [-0.2, 0) is 12.8 Å². The number of nitrogens with zero attached hydrogens (tertiary/aromatic N) is 3. The molecule has 1 aromatic heterocycles. The lowest BCUT2D eigenvalue weighted by Gasteiger charge is -2.11. The number of rotatable bonds is 6. The number of carbonyl (C=O) groups excluding carboxylic acids is 1. The minimum absolute atomic E-state index is 0.489. The minimum Gasteiger partial charge on any atom is -0.298 e. The number of aromatic nitrogens is 2. The SMILES string of the molecule is CCc1c(C=O)cccc1-c1cnc(-c2ccc(CC(C)C)c(C#N)c2)nc1. The van der Waals surface area contributed by atoms with Crippen molar-refractivity contribution in [2.45, 2.75) is 33.6 Å². The van der Waals surface area contributed by atoms with Crippen LogP contribution in [0.3, 0.4) is 0 Å². The van der Waals surface area contributed by atoms with Crippen LogP contribution in [0.4, 0.5) is 0 Å². The van der Waals surface area contributed by atoms with Gasteiger partial charge in [-0.05, 0) is 41.5 Å². The summed E-state index contributed by atoms with van der Waals surface area (Å²) < 4.78 is 0. The second-order valence-electron chi connectivity index (χ2n) is 7.22. The molecule has 0 atom stereocenters. The largest absolute Gasteiger partial charge is 0.298 e. The van der Waals surface area contributed by atoms with Gasteiger partial charge in [-0.15, -0.1) is 0 Å². The fourth-order valence-electron chi connectivity index (χ4n) is 3.43. The van der Waals surface area contributed by atoms with Gasteiger partial charge in [0.2, 0.25) is 0 Å². The van der Waals surface area contributed by atoms with E-state index in [1.165, 1.54) is 0 Å². The fourth-order valence-corrected chi connectivity index (χ4v) is 3.43. The van der Waals surface area contributed by atoms with Crippen molar-refractivity contribution >= 4 is 6.29 Å². The second kappa shape index (κ2) is 8.58. The third kappa shape index (κ3) is 3.99. The Morgan fingerprint density at radius 3 is 2.46 bits per heavy atom. The van der Waals surface area contributed by atoms with Crippen LogP contribution in [0.2, 0.25) is 0 Å². The first-order valence-electron chi connectivity index (χ1n) is 9.50. The molecule has 0 aliphatic rings. The third-order valence-electron chi connectivity index (χ3n) is 4.77. The Balaban J connectivity index is 1.96. The molecule has 0 amide bonds. The molecule has 0 radical (unpaired) electrons.